The van der Waals surface area contributed by atoms with Crippen molar-refractivity contribution >= 4 is 11.6 Å². The lowest BCUT2D eigenvalue weighted by Crippen LogP contribution is -2.25. The van der Waals surface area contributed by atoms with Crippen molar-refractivity contribution in [1.82, 2.24) is 19.8 Å². The lowest BCUT2D eigenvalue weighted by atomic mass is 10.2. The normalized spacial score (nSPS) is 10.9. The Labute approximate surface area is 112 Å². The molecule has 1 aromatic carbocycles. The number of benzene rings is 1. The standard InChI is InChI=1S/C11H11ClF2N4O/c1-7-5-10(9(14)6-8(7)12)18-11(19)17(15-16-18)4-2-3-13/h5-6H,2-4H2,1H3. The van der Waals surface area contributed by atoms with Crippen LogP contribution >= 0.6 is 11.6 Å². The number of hydrogen-bond acceptors (Lipinski definition) is 3. The molecule has 0 unspecified atom stereocenters. The molecule has 102 valence electrons. The summed E-state index contributed by atoms with van der Waals surface area (Å²) in [5.74, 6) is -0.671. The van der Waals surface area contributed by atoms with Crippen LogP contribution in [0, 0.1) is 12.7 Å². The molecule has 8 heteroatoms. The molecule has 0 N–H and O–H groups in total. The molecule has 0 saturated carbocycles. The van der Waals surface area contributed by atoms with Gasteiger partial charge < -0.3 is 0 Å². The average molecular weight is 289 g/mol. The summed E-state index contributed by atoms with van der Waals surface area (Å²) in [5.41, 5.74) is -0.0317. The Balaban J connectivity index is 2.45. The van der Waals surface area contributed by atoms with Gasteiger partial charge in [-0.1, -0.05) is 11.6 Å². The summed E-state index contributed by atoms with van der Waals surface area (Å²) in [6, 6.07) is 2.52. The van der Waals surface area contributed by atoms with Crippen molar-refractivity contribution in [3.8, 4) is 5.69 Å². The molecule has 2 aromatic rings. The van der Waals surface area contributed by atoms with Crippen molar-refractivity contribution in [3.05, 3.63) is 39.0 Å². The minimum Gasteiger partial charge on any atom is -0.251 e. The fourth-order valence-corrected chi connectivity index (χ4v) is 1.73. The van der Waals surface area contributed by atoms with Crippen LogP contribution in [0.1, 0.15) is 12.0 Å². The van der Waals surface area contributed by atoms with E-state index in [1.54, 1.807) is 6.92 Å². The molecular weight excluding hydrogens is 278 g/mol. The number of halogens is 3. The summed E-state index contributed by atoms with van der Waals surface area (Å²) in [5, 5.41) is 7.42. The van der Waals surface area contributed by atoms with Crippen molar-refractivity contribution in [2.75, 3.05) is 6.67 Å². The second kappa shape index (κ2) is 5.48. The summed E-state index contributed by atoms with van der Waals surface area (Å²) < 4.78 is 27.7. The topological polar surface area (TPSA) is 52.7 Å². The smallest absolute Gasteiger partial charge is 0.251 e. The minimum absolute atomic E-state index is 0.0293. The van der Waals surface area contributed by atoms with E-state index in [0.717, 1.165) is 15.4 Å². The maximum absolute atomic E-state index is 13.8. The molecule has 1 aromatic heterocycles. The van der Waals surface area contributed by atoms with E-state index in [1.165, 1.54) is 6.07 Å². The molecule has 0 amide bonds. The zero-order valence-corrected chi connectivity index (χ0v) is 10.9. The highest BCUT2D eigenvalue weighted by molar-refractivity contribution is 6.31. The van der Waals surface area contributed by atoms with Crippen molar-refractivity contribution in [2.45, 2.75) is 19.9 Å². The Morgan fingerprint density at radius 1 is 1.37 bits per heavy atom. The van der Waals surface area contributed by atoms with Crippen LogP contribution in [0.25, 0.3) is 5.69 Å². The highest BCUT2D eigenvalue weighted by Gasteiger charge is 2.14. The minimum atomic E-state index is -0.671. The number of nitrogens with zero attached hydrogens (tertiary/aromatic N) is 4. The van der Waals surface area contributed by atoms with Crippen LogP contribution in [0.5, 0.6) is 0 Å². The van der Waals surface area contributed by atoms with E-state index < -0.39 is 18.2 Å². The van der Waals surface area contributed by atoms with Gasteiger partial charge in [-0.05, 0) is 41.5 Å². The van der Waals surface area contributed by atoms with Gasteiger partial charge in [0.1, 0.15) is 5.69 Å². The van der Waals surface area contributed by atoms with Crippen molar-refractivity contribution in [1.29, 1.82) is 0 Å². The van der Waals surface area contributed by atoms with Gasteiger partial charge in [0.05, 0.1) is 13.2 Å². The summed E-state index contributed by atoms with van der Waals surface area (Å²) in [4.78, 5) is 11.9. The Morgan fingerprint density at radius 2 is 2.11 bits per heavy atom. The van der Waals surface area contributed by atoms with Gasteiger partial charge in [-0.15, -0.1) is 0 Å². The Hall–Kier alpha value is -1.76. The van der Waals surface area contributed by atoms with Crippen LogP contribution in [0.3, 0.4) is 0 Å². The van der Waals surface area contributed by atoms with E-state index in [-0.39, 0.29) is 23.7 Å². The molecule has 5 nitrogen and oxygen atoms in total. The first-order valence-corrected chi connectivity index (χ1v) is 5.97. The summed E-state index contributed by atoms with van der Waals surface area (Å²) in [6.07, 6.45) is 0.153. The van der Waals surface area contributed by atoms with Gasteiger partial charge in [-0.3, -0.25) is 4.39 Å². The lowest BCUT2D eigenvalue weighted by molar-refractivity contribution is 0.427. The van der Waals surface area contributed by atoms with Crippen molar-refractivity contribution in [3.63, 3.8) is 0 Å². The molecule has 2 rings (SSSR count). The Bertz CT molecular complexity index is 653. The second-order valence-corrected chi connectivity index (χ2v) is 4.40. The number of rotatable bonds is 4. The van der Waals surface area contributed by atoms with Crippen LogP contribution in [0.4, 0.5) is 8.78 Å². The van der Waals surface area contributed by atoms with Gasteiger partial charge in [0.25, 0.3) is 0 Å². The number of alkyl halides is 1. The summed E-state index contributed by atoms with van der Waals surface area (Å²) in [7, 11) is 0. The van der Waals surface area contributed by atoms with Gasteiger partial charge in [0.2, 0.25) is 0 Å². The third-order valence-electron chi connectivity index (χ3n) is 2.60. The van der Waals surface area contributed by atoms with Gasteiger partial charge >= 0.3 is 5.69 Å². The van der Waals surface area contributed by atoms with Gasteiger partial charge in [-0.25, -0.2) is 9.18 Å². The summed E-state index contributed by atoms with van der Waals surface area (Å²) >= 11 is 5.78. The molecule has 1 heterocycles. The maximum Gasteiger partial charge on any atom is 0.368 e. The average Bonchev–Trinajstić information content (AvgIpc) is 2.73. The maximum atomic E-state index is 13.8. The van der Waals surface area contributed by atoms with E-state index in [4.69, 9.17) is 11.6 Å². The molecule has 0 atom stereocenters. The lowest BCUT2D eigenvalue weighted by Gasteiger charge is -2.04. The van der Waals surface area contributed by atoms with Crippen molar-refractivity contribution in [2.24, 2.45) is 0 Å². The van der Waals surface area contributed by atoms with Crippen LogP contribution in [-0.2, 0) is 6.54 Å². The quantitative estimate of drug-likeness (QED) is 0.863. The number of hydrogen-bond donors (Lipinski definition) is 0. The Kier molecular flexibility index (Phi) is 3.94. The zero-order valence-electron chi connectivity index (χ0n) is 10.1. The third kappa shape index (κ3) is 2.65. The van der Waals surface area contributed by atoms with E-state index in [1.807, 2.05) is 0 Å². The third-order valence-corrected chi connectivity index (χ3v) is 3.01. The fraction of sp³-hybridized carbons (Fsp3) is 0.364. The van der Waals surface area contributed by atoms with Gasteiger partial charge in [0.15, 0.2) is 5.82 Å². The van der Waals surface area contributed by atoms with E-state index in [0.29, 0.717) is 5.56 Å². The largest absolute Gasteiger partial charge is 0.368 e. The monoisotopic (exact) mass is 288 g/mol. The Morgan fingerprint density at radius 3 is 2.79 bits per heavy atom. The highest BCUT2D eigenvalue weighted by Crippen LogP contribution is 2.21. The van der Waals surface area contributed by atoms with E-state index in [9.17, 15) is 13.6 Å². The van der Waals surface area contributed by atoms with Crippen LogP contribution in [-0.4, -0.2) is 26.5 Å². The van der Waals surface area contributed by atoms with Crippen molar-refractivity contribution < 1.29 is 8.78 Å². The van der Waals surface area contributed by atoms with Crippen LogP contribution in [0.2, 0.25) is 5.02 Å². The fourth-order valence-electron chi connectivity index (χ4n) is 1.58. The van der Waals surface area contributed by atoms with Crippen LogP contribution < -0.4 is 5.69 Å². The highest BCUT2D eigenvalue weighted by atomic mass is 35.5. The molecule has 0 aliphatic carbocycles. The molecular formula is C11H11ClF2N4O. The zero-order chi connectivity index (χ0) is 14.0. The number of aromatic nitrogens is 4. The molecule has 19 heavy (non-hydrogen) atoms. The molecule has 0 radical (unpaired) electrons. The first-order chi connectivity index (χ1) is 9.04. The second-order valence-electron chi connectivity index (χ2n) is 3.99. The molecule has 0 fully saturated rings. The SMILES string of the molecule is Cc1cc(-n2nnn(CCCF)c2=O)c(F)cc1Cl. The van der Waals surface area contributed by atoms with E-state index >= 15 is 0 Å². The molecule has 0 bridgehead atoms. The molecule has 0 aliphatic heterocycles. The van der Waals surface area contributed by atoms with Gasteiger partial charge in [-0.2, -0.15) is 9.36 Å². The predicted octanol–water partition coefficient (Wildman–Crippen LogP) is 1.89. The molecule has 0 saturated heterocycles. The summed E-state index contributed by atoms with van der Waals surface area (Å²) in [6.45, 7) is 1.22. The molecule has 0 aliphatic rings. The van der Waals surface area contributed by atoms with E-state index in [2.05, 4.69) is 10.4 Å². The number of aryl methyl sites for hydroxylation is 2. The first kappa shape index (κ1) is 13.7. The molecule has 0 spiro atoms. The van der Waals surface area contributed by atoms with Gasteiger partial charge in [0, 0.05) is 5.02 Å². The van der Waals surface area contributed by atoms with Crippen LogP contribution in [0.15, 0.2) is 16.9 Å². The first-order valence-electron chi connectivity index (χ1n) is 5.59. The number of tetrazole rings is 1. The predicted molar refractivity (Wildman–Crippen MR) is 65.9 cm³/mol.